The number of carboxylic acids is 1. The number of hydrogen-bond donors (Lipinski definition) is 1. The van der Waals surface area contributed by atoms with Gasteiger partial charge in [0, 0.05) is 47.5 Å². The zero-order valence-electron chi connectivity index (χ0n) is 26.7. The first-order chi connectivity index (χ1) is 23.1. The summed E-state index contributed by atoms with van der Waals surface area (Å²) in [6.07, 6.45) is 4.15. The second-order valence-corrected chi connectivity index (χ2v) is 14.6. The fourth-order valence-corrected chi connectivity index (χ4v) is 9.14. The Labute approximate surface area is 288 Å². The number of amides is 1. The molecule has 0 aromatic heterocycles. The molecule has 1 amide bonds. The molecule has 1 N–H and O–H groups in total. The molecule has 0 radical (unpaired) electrons. The molecular formula is C36H36Cl2FN3O6. The van der Waals surface area contributed by atoms with E-state index in [4.69, 9.17) is 37.4 Å². The molecule has 12 heteroatoms. The van der Waals surface area contributed by atoms with Crippen LogP contribution in [0.3, 0.4) is 0 Å². The first-order valence-corrected chi connectivity index (χ1v) is 17.1. The van der Waals surface area contributed by atoms with Crippen LogP contribution in [0.1, 0.15) is 58.9 Å². The molecule has 3 aromatic carbocycles. The highest BCUT2D eigenvalue weighted by molar-refractivity contribution is 6.40. The van der Waals surface area contributed by atoms with Gasteiger partial charge in [-0.15, -0.1) is 0 Å². The summed E-state index contributed by atoms with van der Waals surface area (Å²) in [5.74, 6) is -1.78. The van der Waals surface area contributed by atoms with Crippen LogP contribution in [0.5, 0.6) is 5.75 Å². The van der Waals surface area contributed by atoms with E-state index in [0.717, 1.165) is 44.0 Å². The molecule has 2 unspecified atom stereocenters. The number of ether oxygens (including phenoxy) is 3. The van der Waals surface area contributed by atoms with Crippen molar-refractivity contribution in [3.8, 4) is 16.9 Å². The predicted octanol–water partition coefficient (Wildman–Crippen LogP) is 6.86. The molecule has 48 heavy (non-hydrogen) atoms. The molecule has 1 aliphatic carbocycles. The highest BCUT2D eigenvalue weighted by Gasteiger charge is 2.58. The minimum Gasteiger partial charge on any atom is -0.478 e. The van der Waals surface area contributed by atoms with Crippen LogP contribution >= 0.6 is 23.2 Å². The second-order valence-electron chi connectivity index (χ2n) is 13.8. The fraction of sp³-hybridized carbons (Fsp3) is 0.444. The summed E-state index contributed by atoms with van der Waals surface area (Å²) in [4.78, 5) is 31.9. The van der Waals surface area contributed by atoms with E-state index in [-0.39, 0.29) is 63.4 Å². The molecule has 3 aromatic rings. The number of rotatable bonds is 6. The SMILES string of the molecule is COC1CC2(C1)CN(c1cc(Cl)c(C(=O)N3COc4c(cccc4-c4cc(N5C6CCC5COC6)c(C(=O)O)cc4F)C3)c(Cl)c1)[C@H]2C. The van der Waals surface area contributed by atoms with E-state index in [1.54, 1.807) is 37.4 Å². The molecule has 4 fully saturated rings. The maximum Gasteiger partial charge on any atom is 0.337 e. The van der Waals surface area contributed by atoms with Gasteiger partial charge in [-0.3, -0.25) is 4.79 Å². The van der Waals surface area contributed by atoms with Crippen LogP contribution in [0.15, 0.2) is 42.5 Å². The number of morpholine rings is 1. The highest BCUT2D eigenvalue weighted by Crippen LogP contribution is 2.55. The van der Waals surface area contributed by atoms with Crippen LogP contribution < -0.4 is 14.5 Å². The van der Waals surface area contributed by atoms with Crippen LogP contribution in [0.2, 0.25) is 10.0 Å². The van der Waals surface area contributed by atoms with Crippen LogP contribution in [0.4, 0.5) is 15.8 Å². The monoisotopic (exact) mass is 695 g/mol. The van der Waals surface area contributed by atoms with Gasteiger partial charge in [0.1, 0.15) is 11.6 Å². The van der Waals surface area contributed by atoms with Gasteiger partial charge in [-0.1, -0.05) is 41.4 Å². The molecule has 1 saturated carbocycles. The largest absolute Gasteiger partial charge is 0.478 e. The average molecular weight is 697 g/mol. The van der Waals surface area contributed by atoms with Gasteiger partial charge in [0.05, 0.1) is 64.8 Å². The lowest BCUT2D eigenvalue weighted by atomic mass is 9.57. The third kappa shape index (κ3) is 4.94. The molecule has 3 saturated heterocycles. The van der Waals surface area contributed by atoms with E-state index in [2.05, 4.69) is 16.7 Å². The number of hydrogen-bond acceptors (Lipinski definition) is 7. The standard InChI is InChI=1S/C36H36Cl2FN3O6/c1-19-36(12-24(13-36)46-2)17-41(19)23-8-28(37)32(29(38)9-23)34(43)40-14-20-4-3-5-25(33(20)48-18-40)26-11-31(27(35(44)45)10-30(26)39)42-21-6-7-22(42)16-47-15-21/h3-5,8-11,19,21-22,24H,6-7,12-18H2,1-2H3,(H,44,45)/t19-,21?,22?,24?,36?/m0/s1. The van der Waals surface area contributed by atoms with Crippen molar-refractivity contribution in [1.82, 2.24) is 4.90 Å². The Bertz CT molecular complexity index is 1790. The number of halogens is 3. The Morgan fingerprint density at radius 2 is 1.75 bits per heavy atom. The minimum absolute atomic E-state index is 0.0331. The molecule has 5 aliphatic rings. The van der Waals surface area contributed by atoms with Gasteiger partial charge in [-0.2, -0.15) is 0 Å². The zero-order chi connectivity index (χ0) is 33.5. The van der Waals surface area contributed by atoms with Gasteiger partial charge in [-0.25, -0.2) is 9.18 Å². The summed E-state index contributed by atoms with van der Waals surface area (Å²) >= 11 is 13.5. The van der Waals surface area contributed by atoms with Crippen molar-refractivity contribution in [1.29, 1.82) is 0 Å². The quantitative estimate of drug-likeness (QED) is 0.299. The number of carbonyl (C=O) groups is 2. The molecular weight excluding hydrogens is 660 g/mol. The van der Waals surface area contributed by atoms with E-state index in [0.29, 0.717) is 47.9 Å². The topological polar surface area (TPSA) is 91.8 Å². The lowest BCUT2D eigenvalue weighted by Gasteiger charge is -2.64. The van der Waals surface area contributed by atoms with E-state index in [9.17, 15) is 14.7 Å². The number of para-hydroxylation sites is 1. The van der Waals surface area contributed by atoms with Crippen molar-refractivity contribution in [2.45, 2.75) is 63.4 Å². The normalized spacial score (nSPS) is 27.3. The number of benzene rings is 3. The molecule has 3 atom stereocenters. The third-order valence-electron chi connectivity index (χ3n) is 11.2. The first-order valence-electron chi connectivity index (χ1n) is 16.3. The Morgan fingerprint density at radius 3 is 2.40 bits per heavy atom. The first kappa shape index (κ1) is 31.7. The number of carbonyl (C=O) groups excluding carboxylic acids is 1. The Kier molecular flexibility index (Phi) is 7.78. The Hall–Kier alpha value is -3.57. The lowest BCUT2D eigenvalue weighted by molar-refractivity contribution is -0.0949. The molecule has 2 bridgehead atoms. The molecule has 8 rings (SSSR count). The van der Waals surface area contributed by atoms with Crippen LogP contribution in [0.25, 0.3) is 11.1 Å². The maximum atomic E-state index is 15.7. The van der Waals surface area contributed by atoms with Gasteiger partial charge in [0.2, 0.25) is 0 Å². The summed E-state index contributed by atoms with van der Waals surface area (Å²) in [6, 6.07) is 12.0. The van der Waals surface area contributed by atoms with E-state index < -0.39 is 11.8 Å². The van der Waals surface area contributed by atoms with Crippen molar-refractivity contribution >= 4 is 46.5 Å². The Morgan fingerprint density at radius 1 is 1.04 bits per heavy atom. The average Bonchev–Trinajstić information content (AvgIpc) is 3.29. The summed E-state index contributed by atoms with van der Waals surface area (Å²) in [7, 11) is 1.75. The molecule has 1 spiro atoms. The van der Waals surface area contributed by atoms with Crippen molar-refractivity contribution < 1.29 is 33.3 Å². The second kappa shape index (κ2) is 11.8. The van der Waals surface area contributed by atoms with Crippen LogP contribution in [-0.4, -0.2) is 79.7 Å². The smallest absolute Gasteiger partial charge is 0.337 e. The van der Waals surface area contributed by atoms with Crippen LogP contribution in [0, 0.1) is 11.2 Å². The summed E-state index contributed by atoms with van der Waals surface area (Å²) in [5.41, 5.74) is 3.13. The van der Waals surface area contributed by atoms with Gasteiger partial charge >= 0.3 is 5.97 Å². The highest BCUT2D eigenvalue weighted by atomic mass is 35.5. The maximum absolute atomic E-state index is 15.7. The minimum atomic E-state index is -1.19. The van der Waals surface area contributed by atoms with Gasteiger partial charge < -0.3 is 34.0 Å². The van der Waals surface area contributed by atoms with E-state index >= 15 is 4.39 Å². The summed E-state index contributed by atoms with van der Waals surface area (Å²) in [5, 5.41) is 10.5. The number of methoxy groups -OCH3 is 1. The van der Waals surface area contributed by atoms with Gasteiger partial charge in [-0.05, 0) is 56.9 Å². The van der Waals surface area contributed by atoms with E-state index in [1.165, 1.54) is 4.90 Å². The number of carboxylic acid groups (broad SMARTS) is 1. The summed E-state index contributed by atoms with van der Waals surface area (Å²) in [6.45, 7) is 4.19. The van der Waals surface area contributed by atoms with Crippen molar-refractivity contribution in [2.24, 2.45) is 5.41 Å². The molecule has 9 nitrogen and oxygen atoms in total. The van der Waals surface area contributed by atoms with Gasteiger partial charge in [0.15, 0.2) is 6.73 Å². The van der Waals surface area contributed by atoms with Crippen LogP contribution in [-0.2, 0) is 16.0 Å². The lowest BCUT2D eigenvalue weighted by Crippen LogP contribution is -2.69. The fourth-order valence-electron chi connectivity index (χ4n) is 8.50. The Balaban J connectivity index is 1.05. The molecule has 4 aliphatic heterocycles. The van der Waals surface area contributed by atoms with Crippen molar-refractivity contribution in [3.63, 3.8) is 0 Å². The number of anilines is 2. The summed E-state index contributed by atoms with van der Waals surface area (Å²) < 4.78 is 33.1. The number of nitrogens with zero attached hydrogens (tertiary/aromatic N) is 3. The van der Waals surface area contributed by atoms with E-state index in [1.807, 2.05) is 6.07 Å². The number of aromatic carboxylic acids is 1. The zero-order valence-corrected chi connectivity index (χ0v) is 28.2. The van der Waals surface area contributed by atoms with Gasteiger partial charge in [0.25, 0.3) is 5.91 Å². The van der Waals surface area contributed by atoms with Crippen molar-refractivity contribution in [2.75, 3.05) is 43.4 Å². The molecule has 252 valence electrons. The van der Waals surface area contributed by atoms with Crippen molar-refractivity contribution in [3.05, 3.63) is 75.0 Å². The predicted molar refractivity (Wildman–Crippen MR) is 180 cm³/mol. The molecule has 4 heterocycles. The number of fused-ring (bicyclic) bond motifs is 3. The third-order valence-corrected chi connectivity index (χ3v) is 11.8.